The standard InChI is InChI=1S/C20H21N7/c21-18-9-17(19-20(23-18)25-26-24-19)8-14-10-22-27(12-14)11-13-5-6-15-3-1-2-4-16(15)7-13/h1-4,9-10,12-13H,5-8,11H2,(H3,21,23,24,25,26). The molecule has 27 heavy (non-hydrogen) atoms. The number of aryl methyl sites for hydroxylation is 1. The highest BCUT2D eigenvalue weighted by molar-refractivity contribution is 5.76. The van der Waals surface area contributed by atoms with Gasteiger partial charge in [0.1, 0.15) is 11.3 Å². The van der Waals surface area contributed by atoms with Crippen LogP contribution in [-0.2, 0) is 25.8 Å². The van der Waals surface area contributed by atoms with Crippen LogP contribution in [0.4, 0.5) is 5.82 Å². The average molecular weight is 359 g/mol. The summed E-state index contributed by atoms with van der Waals surface area (Å²) in [4.78, 5) is 4.22. The van der Waals surface area contributed by atoms with Gasteiger partial charge in [0.2, 0.25) is 0 Å². The minimum Gasteiger partial charge on any atom is -0.384 e. The molecule has 1 unspecified atom stereocenters. The van der Waals surface area contributed by atoms with E-state index in [1.165, 1.54) is 17.5 Å². The van der Waals surface area contributed by atoms with E-state index in [4.69, 9.17) is 5.73 Å². The first-order valence-corrected chi connectivity index (χ1v) is 9.29. The lowest BCUT2D eigenvalue weighted by Gasteiger charge is -2.24. The number of anilines is 1. The molecule has 4 aromatic rings. The third-order valence-corrected chi connectivity index (χ3v) is 5.37. The molecule has 1 aliphatic carbocycles. The molecule has 0 saturated heterocycles. The van der Waals surface area contributed by atoms with Crippen molar-refractivity contribution in [1.29, 1.82) is 0 Å². The van der Waals surface area contributed by atoms with Crippen molar-refractivity contribution in [2.45, 2.75) is 32.2 Å². The lowest BCUT2D eigenvalue weighted by Crippen LogP contribution is -2.19. The van der Waals surface area contributed by atoms with Gasteiger partial charge in [-0.15, -0.1) is 5.10 Å². The molecule has 7 heteroatoms. The topological polar surface area (TPSA) is 98.3 Å². The van der Waals surface area contributed by atoms with Gasteiger partial charge in [-0.1, -0.05) is 29.5 Å². The van der Waals surface area contributed by atoms with Crippen LogP contribution in [-0.4, -0.2) is 30.2 Å². The number of benzene rings is 1. The Balaban J connectivity index is 1.31. The van der Waals surface area contributed by atoms with Crippen LogP contribution in [0.1, 0.15) is 28.7 Å². The lowest BCUT2D eigenvalue weighted by atomic mass is 9.84. The molecule has 0 saturated carbocycles. The van der Waals surface area contributed by atoms with E-state index < -0.39 is 0 Å². The van der Waals surface area contributed by atoms with E-state index in [2.05, 4.69) is 60.6 Å². The average Bonchev–Trinajstić information content (AvgIpc) is 3.31. The number of nitrogen functional groups attached to an aromatic ring is 1. The number of nitrogens with zero attached hydrogens (tertiary/aromatic N) is 5. The molecular weight excluding hydrogens is 338 g/mol. The monoisotopic (exact) mass is 359 g/mol. The molecule has 3 N–H and O–H groups in total. The summed E-state index contributed by atoms with van der Waals surface area (Å²) in [5.41, 5.74) is 12.4. The number of nitrogens with one attached hydrogen (secondary N) is 1. The van der Waals surface area contributed by atoms with Gasteiger partial charge < -0.3 is 5.73 Å². The Bertz CT molecular complexity index is 1090. The Morgan fingerprint density at radius 1 is 1.22 bits per heavy atom. The van der Waals surface area contributed by atoms with Gasteiger partial charge in [0.05, 0.1) is 6.20 Å². The number of pyridine rings is 1. The number of H-pyrrole nitrogens is 1. The zero-order valence-corrected chi connectivity index (χ0v) is 15.0. The first-order chi connectivity index (χ1) is 13.2. The summed E-state index contributed by atoms with van der Waals surface area (Å²) in [6, 6.07) is 10.6. The second-order valence-electron chi connectivity index (χ2n) is 7.34. The van der Waals surface area contributed by atoms with Gasteiger partial charge >= 0.3 is 0 Å². The van der Waals surface area contributed by atoms with Crippen LogP contribution < -0.4 is 5.73 Å². The van der Waals surface area contributed by atoms with E-state index in [1.54, 1.807) is 0 Å². The molecule has 7 nitrogen and oxygen atoms in total. The first-order valence-electron chi connectivity index (χ1n) is 9.29. The molecule has 0 spiro atoms. The molecule has 0 radical (unpaired) electrons. The molecule has 0 amide bonds. The molecule has 1 aliphatic rings. The molecule has 0 fully saturated rings. The van der Waals surface area contributed by atoms with Gasteiger partial charge in [0, 0.05) is 19.2 Å². The third-order valence-electron chi connectivity index (χ3n) is 5.37. The van der Waals surface area contributed by atoms with Gasteiger partial charge in [-0.2, -0.15) is 5.10 Å². The van der Waals surface area contributed by atoms with Crippen LogP contribution in [0.5, 0.6) is 0 Å². The quantitative estimate of drug-likeness (QED) is 0.583. The van der Waals surface area contributed by atoms with Gasteiger partial charge in [0.15, 0.2) is 5.65 Å². The summed E-state index contributed by atoms with van der Waals surface area (Å²) < 4.78 is 2.07. The van der Waals surface area contributed by atoms with E-state index in [9.17, 15) is 0 Å². The molecule has 0 bridgehead atoms. The van der Waals surface area contributed by atoms with Crippen molar-refractivity contribution in [2.75, 3.05) is 5.73 Å². The second kappa shape index (κ2) is 6.50. The molecule has 3 heterocycles. The second-order valence-corrected chi connectivity index (χ2v) is 7.34. The first kappa shape index (κ1) is 16.0. The molecule has 1 atom stereocenters. The summed E-state index contributed by atoms with van der Waals surface area (Å²) in [6.07, 6.45) is 8.28. The SMILES string of the molecule is Nc1cc(Cc2cnn(CC3CCc4ccccc4C3)c2)c2nn[nH]c2n1. The van der Waals surface area contributed by atoms with E-state index in [0.717, 1.165) is 36.0 Å². The zero-order valence-electron chi connectivity index (χ0n) is 15.0. The largest absolute Gasteiger partial charge is 0.384 e. The fourth-order valence-electron chi connectivity index (χ4n) is 4.07. The third kappa shape index (κ3) is 3.16. The van der Waals surface area contributed by atoms with Crippen LogP contribution in [0.25, 0.3) is 11.2 Å². The van der Waals surface area contributed by atoms with Crippen molar-refractivity contribution in [2.24, 2.45) is 5.92 Å². The lowest BCUT2D eigenvalue weighted by molar-refractivity contribution is 0.376. The Morgan fingerprint density at radius 3 is 3.04 bits per heavy atom. The highest BCUT2D eigenvalue weighted by Gasteiger charge is 2.19. The van der Waals surface area contributed by atoms with Gasteiger partial charge in [-0.3, -0.25) is 4.68 Å². The van der Waals surface area contributed by atoms with Crippen LogP contribution in [0, 0.1) is 5.92 Å². The number of fused-ring (bicyclic) bond motifs is 2. The Kier molecular flexibility index (Phi) is 3.85. The predicted molar refractivity (Wildman–Crippen MR) is 103 cm³/mol. The summed E-state index contributed by atoms with van der Waals surface area (Å²) in [6.45, 7) is 0.951. The summed E-state index contributed by atoms with van der Waals surface area (Å²) in [5.74, 6) is 1.10. The van der Waals surface area contributed by atoms with E-state index in [1.807, 2.05) is 12.3 Å². The van der Waals surface area contributed by atoms with E-state index in [-0.39, 0.29) is 0 Å². The van der Waals surface area contributed by atoms with Gasteiger partial charge in [-0.05, 0) is 53.5 Å². The minimum absolute atomic E-state index is 0.469. The van der Waals surface area contributed by atoms with Crippen LogP contribution in [0.2, 0.25) is 0 Å². The van der Waals surface area contributed by atoms with Gasteiger partial charge in [0.25, 0.3) is 0 Å². The highest BCUT2D eigenvalue weighted by atomic mass is 15.3. The summed E-state index contributed by atoms with van der Waals surface area (Å²) in [5, 5.41) is 15.3. The van der Waals surface area contributed by atoms with Crippen LogP contribution in [0.15, 0.2) is 42.7 Å². The van der Waals surface area contributed by atoms with Gasteiger partial charge in [-0.25, -0.2) is 10.1 Å². The number of rotatable bonds is 4. The predicted octanol–water partition coefficient (Wildman–Crippen LogP) is 2.53. The smallest absolute Gasteiger partial charge is 0.178 e. The Morgan fingerprint density at radius 2 is 2.11 bits per heavy atom. The highest BCUT2D eigenvalue weighted by Crippen LogP contribution is 2.26. The maximum absolute atomic E-state index is 5.90. The minimum atomic E-state index is 0.469. The number of hydrogen-bond acceptors (Lipinski definition) is 5. The molecular formula is C20H21N7. The van der Waals surface area contributed by atoms with Crippen molar-refractivity contribution < 1.29 is 0 Å². The molecule has 5 rings (SSSR count). The molecule has 0 aliphatic heterocycles. The fraction of sp³-hybridized carbons (Fsp3) is 0.300. The fourth-order valence-corrected chi connectivity index (χ4v) is 4.07. The molecule has 1 aromatic carbocycles. The molecule has 136 valence electrons. The van der Waals surface area contributed by atoms with Crippen molar-refractivity contribution in [1.82, 2.24) is 30.2 Å². The van der Waals surface area contributed by atoms with Crippen molar-refractivity contribution in [3.63, 3.8) is 0 Å². The van der Waals surface area contributed by atoms with E-state index >= 15 is 0 Å². The maximum atomic E-state index is 5.90. The van der Waals surface area contributed by atoms with Crippen molar-refractivity contribution >= 4 is 17.0 Å². The summed E-state index contributed by atoms with van der Waals surface area (Å²) >= 11 is 0. The molecule has 3 aromatic heterocycles. The zero-order chi connectivity index (χ0) is 18.2. The van der Waals surface area contributed by atoms with Crippen LogP contribution >= 0.6 is 0 Å². The van der Waals surface area contributed by atoms with E-state index in [0.29, 0.717) is 23.8 Å². The normalized spacial score (nSPS) is 16.5. The maximum Gasteiger partial charge on any atom is 0.178 e. The number of aromatic nitrogens is 6. The summed E-state index contributed by atoms with van der Waals surface area (Å²) in [7, 11) is 0. The number of aromatic amines is 1. The number of hydrogen-bond donors (Lipinski definition) is 2. The number of nitrogens with two attached hydrogens (primary N) is 1. The van der Waals surface area contributed by atoms with Crippen molar-refractivity contribution in [3.8, 4) is 0 Å². The van der Waals surface area contributed by atoms with Crippen molar-refractivity contribution in [3.05, 3.63) is 65.0 Å². The Labute approximate surface area is 156 Å². The van der Waals surface area contributed by atoms with Crippen LogP contribution in [0.3, 0.4) is 0 Å². The Hall–Kier alpha value is -3.22.